The molecule has 3 rings (SSSR count). The molecule has 1 saturated carbocycles. The van der Waals surface area contributed by atoms with Crippen LogP contribution in [0.15, 0.2) is 24.3 Å². The molecule has 1 amide bonds. The van der Waals surface area contributed by atoms with Crippen molar-refractivity contribution in [3.63, 3.8) is 0 Å². The molecule has 2 aromatic rings. The fourth-order valence-electron chi connectivity index (χ4n) is 3.27. The summed E-state index contributed by atoms with van der Waals surface area (Å²) in [5.74, 6) is -0.709. The molecule has 3 N–H and O–H groups in total. The molecule has 1 fully saturated rings. The van der Waals surface area contributed by atoms with Crippen molar-refractivity contribution in [2.45, 2.75) is 44.6 Å². The Morgan fingerprint density at radius 3 is 2.74 bits per heavy atom. The number of aromatic nitrogens is 2. The zero-order valence-electron chi connectivity index (χ0n) is 13.1. The predicted molar refractivity (Wildman–Crippen MR) is 85.9 cm³/mol. The normalized spacial score (nSPS) is 24.5. The molecule has 0 radical (unpaired) electrons. The number of H-pyrrole nitrogens is 1. The molecule has 0 saturated heterocycles. The number of amides is 1. The number of para-hydroxylation sites is 1. The summed E-state index contributed by atoms with van der Waals surface area (Å²) in [7, 11) is 0. The van der Waals surface area contributed by atoms with Crippen LogP contribution in [0.3, 0.4) is 0 Å². The Morgan fingerprint density at radius 1 is 1.35 bits per heavy atom. The Labute approximate surface area is 134 Å². The second kappa shape index (κ2) is 6.02. The highest BCUT2D eigenvalue weighted by atomic mass is 16.4. The van der Waals surface area contributed by atoms with E-state index in [9.17, 15) is 14.7 Å². The van der Waals surface area contributed by atoms with Crippen molar-refractivity contribution in [2.24, 2.45) is 5.92 Å². The minimum absolute atomic E-state index is 0.102. The van der Waals surface area contributed by atoms with Crippen LogP contribution in [-0.4, -0.2) is 32.7 Å². The number of hydrogen-bond acceptors (Lipinski definition) is 3. The van der Waals surface area contributed by atoms with Crippen molar-refractivity contribution in [1.29, 1.82) is 0 Å². The van der Waals surface area contributed by atoms with Crippen LogP contribution in [0, 0.1) is 5.92 Å². The lowest BCUT2D eigenvalue weighted by molar-refractivity contribution is -0.149. The summed E-state index contributed by atoms with van der Waals surface area (Å²) in [5.41, 5.74) is 0.386. The smallest absolute Gasteiger partial charge is 0.329 e. The molecular weight excluding hydrogens is 294 g/mol. The number of benzene rings is 1. The lowest BCUT2D eigenvalue weighted by atomic mass is 9.77. The molecule has 6 heteroatoms. The Balaban J connectivity index is 1.74. The molecule has 6 nitrogen and oxygen atoms in total. The minimum Gasteiger partial charge on any atom is -0.480 e. The molecule has 1 heterocycles. The van der Waals surface area contributed by atoms with Crippen LogP contribution in [0.4, 0.5) is 0 Å². The van der Waals surface area contributed by atoms with E-state index in [1.54, 1.807) is 0 Å². The molecule has 122 valence electrons. The number of carbonyl (C=O) groups excluding carboxylic acids is 1. The van der Waals surface area contributed by atoms with Gasteiger partial charge in [-0.2, -0.15) is 5.10 Å². The van der Waals surface area contributed by atoms with Crippen LogP contribution < -0.4 is 5.32 Å². The third-order valence-electron chi connectivity index (χ3n) is 4.79. The fraction of sp³-hybridized carbons (Fsp3) is 0.471. The van der Waals surface area contributed by atoms with Gasteiger partial charge >= 0.3 is 5.97 Å². The number of hydrogen-bond donors (Lipinski definition) is 3. The van der Waals surface area contributed by atoms with Gasteiger partial charge in [-0.15, -0.1) is 0 Å². The van der Waals surface area contributed by atoms with Crippen molar-refractivity contribution < 1.29 is 14.7 Å². The first-order chi connectivity index (χ1) is 11.0. The van der Waals surface area contributed by atoms with Gasteiger partial charge in [-0.3, -0.25) is 9.89 Å². The average Bonchev–Trinajstić information content (AvgIpc) is 2.93. The zero-order chi connectivity index (χ0) is 16.4. The van der Waals surface area contributed by atoms with E-state index in [2.05, 4.69) is 22.4 Å². The number of nitrogens with one attached hydrogen (secondary N) is 2. The summed E-state index contributed by atoms with van der Waals surface area (Å²) >= 11 is 0. The van der Waals surface area contributed by atoms with E-state index in [-0.39, 0.29) is 12.3 Å². The summed E-state index contributed by atoms with van der Waals surface area (Å²) in [6.07, 6.45) is 2.71. The van der Waals surface area contributed by atoms with Gasteiger partial charge in [0.05, 0.1) is 17.6 Å². The standard InChI is InChI=1S/C17H21N3O3/c1-11-6-8-17(9-7-11,16(22)23)18-15(21)10-14-12-4-2-3-5-13(12)19-20-14/h2-5,11H,6-10H2,1H3,(H,18,21)(H,19,20)(H,22,23). The van der Waals surface area contributed by atoms with E-state index in [4.69, 9.17) is 0 Å². The van der Waals surface area contributed by atoms with Crippen LogP contribution in [0.2, 0.25) is 0 Å². The molecule has 1 aliphatic carbocycles. The number of fused-ring (bicyclic) bond motifs is 1. The van der Waals surface area contributed by atoms with Gasteiger partial charge in [0, 0.05) is 5.39 Å². The van der Waals surface area contributed by atoms with Gasteiger partial charge in [0.15, 0.2) is 0 Å². The summed E-state index contributed by atoms with van der Waals surface area (Å²) < 4.78 is 0. The van der Waals surface area contributed by atoms with Gasteiger partial charge in [0.25, 0.3) is 0 Å². The van der Waals surface area contributed by atoms with Crippen molar-refractivity contribution in [2.75, 3.05) is 0 Å². The molecule has 0 atom stereocenters. The quantitative estimate of drug-likeness (QED) is 0.806. The van der Waals surface area contributed by atoms with E-state index < -0.39 is 11.5 Å². The number of aromatic amines is 1. The SMILES string of the molecule is CC1CCC(NC(=O)Cc2[nH]nc3ccccc23)(C(=O)O)CC1. The van der Waals surface area contributed by atoms with Crippen molar-refractivity contribution in [1.82, 2.24) is 15.5 Å². The second-order valence-corrected chi connectivity index (χ2v) is 6.51. The van der Waals surface area contributed by atoms with Crippen LogP contribution >= 0.6 is 0 Å². The molecule has 1 aromatic carbocycles. The second-order valence-electron chi connectivity index (χ2n) is 6.51. The van der Waals surface area contributed by atoms with E-state index in [1.807, 2.05) is 24.3 Å². The molecule has 1 aliphatic rings. The first kappa shape index (κ1) is 15.5. The number of rotatable bonds is 4. The zero-order valence-corrected chi connectivity index (χ0v) is 13.1. The average molecular weight is 315 g/mol. The molecule has 1 aromatic heterocycles. The van der Waals surface area contributed by atoms with Crippen LogP contribution in [0.25, 0.3) is 10.9 Å². The van der Waals surface area contributed by atoms with Gasteiger partial charge in [0.2, 0.25) is 5.91 Å². The lowest BCUT2D eigenvalue weighted by Crippen LogP contribution is -2.56. The topological polar surface area (TPSA) is 95.1 Å². The van der Waals surface area contributed by atoms with Gasteiger partial charge in [0.1, 0.15) is 5.54 Å². The summed E-state index contributed by atoms with van der Waals surface area (Å²) in [6.45, 7) is 2.12. The highest BCUT2D eigenvalue weighted by molar-refractivity contribution is 5.91. The van der Waals surface area contributed by atoms with Crippen molar-refractivity contribution in [3.05, 3.63) is 30.0 Å². The first-order valence-electron chi connectivity index (χ1n) is 7.96. The number of carboxylic acid groups (broad SMARTS) is 1. The van der Waals surface area contributed by atoms with E-state index in [0.717, 1.165) is 23.7 Å². The summed E-state index contributed by atoms with van der Waals surface area (Å²) in [4.78, 5) is 24.1. The first-order valence-corrected chi connectivity index (χ1v) is 7.96. The molecule has 0 bridgehead atoms. The molecular formula is C17H21N3O3. The summed E-state index contributed by atoms with van der Waals surface area (Å²) in [5, 5.41) is 20.3. The fourth-order valence-corrected chi connectivity index (χ4v) is 3.27. The maximum Gasteiger partial charge on any atom is 0.329 e. The number of carboxylic acids is 1. The molecule has 23 heavy (non-hydrogen) atoms. The Bertz CT molecular complexity index is 730. The number of nitrogens with zero attached hydrogens (tertiary/aromatic N) is 1. The van der Waals surface area contributed by atoms with Gasteiger partial charge in [-0.25, -0.2) is 4.79 Å². The van der Waals surface area contributed by atoms with E-state index in [1.165, 1.54) is 0 Å². The lowest BCUT2D eigenvalue weighted by Gasteiger charge is -2.36. The van der Waals surface area contributed by atoms with Gasteiger partial charge in [-0.1, -0.05) is 25.1 Å². The third-order valence-corrected chi connectivity index (χ3v) is 4.79. The minimum atomic E-state index is -1.13. The van der Waals surface area contributed by atoms with Crippen LogP contribution in [-0.2, 0) is 16.0 Å². The number of aliphatic carboxylic acids is 1. The highest BCUT2D eigenvalue weighted by Crippen LogP contribution is 2.32. The summed E-state index contributed by atoms with van der Waals surface area (Å²) in [6, 6.07) is 7.54. The van der Waals surface area contributed by atoms with Crippen molar-refractivity contribution in [3.8, 4) is 0 Å². The van der Waals surface area contributed by atoms with Gasteiger partial charge in [-0.05, 0) is 37.7 Å². The number of carbonyl (C=O) groups is 2. The maximum atomic E-state index is 12.4. The molecule has 0 aliphatic heterocycles. The van der Waals surface area contributed by atoms with Crippen LogP contribution in [0.1, 0.15) is 38.3 Å². The van der Waals surface area contributed by atoms with Crippen LogP contribution in [0.5, 0.6) is 0 Å². The van der Waals surface area contributed by atoms with E-state index >= 15 is 0 Å². The maximum absolute atomic E-state index is 12.4. The monoisotopic (exact) mass is 315 g/mol. The predicted octanol–water partition coefficient (Wildman–Crippen LogP) is 2.26. The van der Waals surface area contributed by atoms with Gasteiger partial charge < -0.3 is 10.4 Å². The van der Waals surface area contributed by atoms with E-state index in [0.29, 0.717) is 24.5 Å². The Kier molecular flexibility index (Phi) is 4.07. The third kappa shape index (κ3) is 3.06. The molecule has 0 unspecified atom stereocenters. The van der Waals surface area contributed by atoms with Crippen molar-refractivity contribution >= 4 is 22.8 Å². The Hall–Kier alpha value is -2.37. The molecule has 0 spiro atoms. The highest BCUT2D eigenvalue weighted by Gasteiger charge is 2.42. The Morgan fingerprint density at radius 2 is 2.04 bits per heavy atom. The largest absolute Gasteiger partial charge is 0.480 e.